The molecule has 0 spiro atoms. The number of rotatable bonds is 26. The number of amides is 11. The Labute approximate surface area is 563 Å². The summed E-state index contributed by atoms with van der Waals surface area (Å²) in [6.45, 7) is 6.72. The molecule has 1 aromatic carbocycles. The second kappa shape index (κ2) is 49.9. The normalized spacial score (nSPS) is 23.5. The first-order valence-corrected chi connectivity index (χ1v) is 29.8. The van der Waals surface area contributed by atoms with Crippen molar-refractivity contribution in [3.8, 4) is 5.75 Å². The van der Waals surface area contributed by atoms with Crippen LogP contribution in [0.3, 0.4) is 0 Å². The average Bonchev–Trinajstić information content (AvgIpc) is 3.23. The highest BCUT2D eigenvalue weighted by molar-refractivity contribution is 6.00. The van der Waals surface area contributed by atoms with Crippen LogP contribution in [0.15, 0.2) is 24.3 Å². The lowest BCUT2D eigenvalue weighted by Gasteiger charge is -2.30. The third-order valence-electron chi connectivity index (χ3n) is 14.1. The van der Waals surface area contributed by atoms with Gasteiger partial charge in [-0.2, -0.15) is 0 Å². The molecule has 0 saturated carbocycles. The summed E-state index contributed by atoms with van der Waals surface area (Å²) >= 11 is 0. The monoisotopic (exact) mass is 1400 g/mol. The molecule has 12 unspecified atom stereocenters. The van der Waals surface area contributed by atoms with E-state index >= 15 is 0 Å². The Kier molecular flexibility index (Phi) is 50.3. The van der Waals surface area contributed by atoms with Crippen molar-refractivity contribution in [1.82, 2.24) is 58.5 Å². The summed E-state index contributed by atoms with van der Waals surface area (Å²) in [6.07, 6.45) is 0.669. The van der Waals surface area contributed by atoms with E-state index in [-0.39, 0.29) is 177 Å². The van der Waals surface area contributed by atoms with E-state index in [1.807, 2.05) is 0 Å². The zero-order valence-electron chi connectivity index (χ0n) is 52.4. The lowest BCUT2D eigenvalue weighted by atomic mass is 10.00. The summed E-state index contributed by atoms with van der Waals surface area (Å²) in [7, 11) is 0. The number of phenols is 1. The summed E-state index contributed by atoms with van der Waals surface area (Å²) in [5, 5.41) is 59.6. The van der Waals surface area contributed by atoms with E-state index in [9.17, 15) is 68.1 Å². The molecule has 12 atom stereocenters. The van der Waals surface area contributed by atoms with Gasteiger partial charge in [0.05, 0.1) is 12.2 Å². The number of carbonyl (C=O) groups excluding carboxylic acids is 11. The van der Waals surface area contributed by atoms with E-state index in [2.05, 4.69) is 65.4 Å². The molecule has 1 heterocycles. The molecule has 0 aromatic heterocycles. The maximum absolute atomic E-state index is 14.5. The number of aliphatic hydroxyl groups excluding tert-OH is 2. The first kappa shape index (κ1) is 91.8. The van der Waals surface area contributed by atoms with Crippen LogP contribution in [0.5, 0.6) is 5.75 Å². The first-order valence-electron chi connectivity index (χ1n) is 29.8. The lowest BCUT2D eigenvalue weighted by molar-refractivity contribution is -0.138. The SMILES string of the molecule is CCCCCCCCC(=O)NCCC1NC(=O)C(CCN)NC(=O)C(C(C)O)NC(=O)C(CCN)NC(=O)C(C(C)O)NC(=O)C(CCN)NC(=O)C(CCN)NC(=O)C(Cc2ccc(O)cc2)NC(=O)C(CC(C)C)NC(=O)C(CCN)NC1=O.Cl.Cl.Cl.Cl.Cl. The summed E-state index contributed by atoms with van der Waals surface area (Å²) in [4.78, 5) is 155. The van der Waals surface area contributed by atoms with Gasteiger partial charge >= 0.3 is 0 Å². The van der Waals surface area contributed by atoms with Crippen LogP contribution in [0, 0.1) is 5.92 Å². The van der Waals surface area contributed by atoms with Gasteiger partial charge < -0.3 is 102 Å². The number of phenolic OH excluding ortho intramolecular Hbond substituents is 1. The summed E-state index contributed by atoms with van der Waals surface area (Å²) in [5.41, 5.74) is 29.9. The molecule has 526 valence electrons. The molecular weight excluding hydrogens is 1300 g/mol. The van der Waals surface area contributed by atoms with Crippen LogP contribution >= 0.6 is 62.0 Å². The minimum atomic E-state index is -1.82. The fourth-order valence-corrected chi connectivity index (χ4v) is 9.21. The van der Waals surface area contributed by atoms with Gasteiger partial charge in [-0.3, -0.25) is 52.7 Å². The lowest BCUT2D eigenvalue weighted by Crippen LogP contribution is -2.63. The third kappa shape index (κ3) is 34.2. The molecule has 30 nitrogen and oxygen atoms in total. The summed E-state index contributed by atoms with van der Waals surface area (Å²) in [6, 6.07) is -9.97. The fourth-order valence-electron chi connectivity index (χ4n) is 9.21. The van der Waals surface area contributed by atoms with Crippen molar-refractivity contribution in [1.29, 1.82) is 0 Å². The van der Waals surface area contributed by atoms with Gasteiger partial charge in [-0.05, 0) is 122 Å². The van der Waals surface area contributed by atoms with E-state index in [0.717, 1.165) is 46.0 Å². The summed E-state index contributed by atoms with van der Waals surface area (Å²) in [5.74, 6) is -10.7. The van der Waals surface area contributed by atoms with Crippen molar-refractivity contribution < 1.29 is 68.1 Å². The minimum absolute atomic E-state index is 0. The Morgan fingerprint density at radius 1 is 0.429 bits per heavy atom. The van der Waals surface area contributed by atoms with Crippen molar-refractivity contribution in [2.24, 2.45) is 34.6 Å². The Morgan fingerprint density at radius 2 is 0.725 bits per heavy atom. The quantitative estimate of drug-likeness (QED) is 0.0404. The van der Waals surface area contributed by atoms with Gasteiger partial charge in [0, 0.05) is 19.4 Å². The van der Waals surface area contributed by atoms with Crippen LogP contribution in [0.25, 0.3) is 0 Å². The molecule has 1 aliphatic heterocycles. The van der Waals surface area contributed by atoms with Gasteiger partial charge in [0.2, 0.25) is 65.0 Å². The standard InChI is InChI=1S/C56H98N16O14.5ClH/c1-6-7-8-9-10-11-12-44(76)62-28-22-41-50(80)63-37(18-24-58)49(79)69-42(29-31(2)3)53(83)70-43(30-34-13-15-35(75)16-14-34)54(84)65-36(17-23-57)47(77)64-39(20-26-60)51(81)71-46(33(5)74)56(86)68-40(21-27-61)52(82)72-45(32(4)73)55(85)67-38(19-25-59)48(78)66-41;;;;;/h13-16,31-33,36-43,45-46,73-75H,6-12,17-30,57-61H2,1-5H3,(H,62,76)(H,63,80)(H,64,77)(H,65,84)(H,66,78)(H,67,85)(H,68,86)(H,69,79)(H,70,83)(H,71,81)(H,72,82);5*1H. The largest absolute Gasteiger partial charge is 0.508 e. The van der Waals surface area contributed by atoms with Crippen LogP contribution in [-0.4, -0.2) is 192 Å². The Hall–Kier alpha value is -5.64. The topological polar surface area (TPSA) is 511 Å². The Bertz CT molecular complexity index is 2380. The number of benzene rings is 1. The van der Waals surface area contributed by atoms with Crippen molar-refractivity contribution in [2.45, 2.75) is 204 Å². The van der Waals surface area contributed by atoms with E-state index in [4.69, 9.17) is 28.7 Å². The molecule has 1 fully saturated rings. The predicted octanol–water partition coefficient (Wildman–Crippen LogP) is -3.29. The number of nitrogens with two attached hydrogens (primary N) is 5. The number of aliphatic hydroxyl groups is 2. The molecule has 11 amide bonds. The number of hydrogen-bond acceptors (Lipinski definition) is 19. The highest BCUT2D eigenvalue weighted by atomic mass is 35.5. The van der Waals surface area contributed by atoms with Gasteiger partial charge in [0.25, 0.3) is 0 Å². The van der Waals surface area contributed by atoms with E-state index in [1.54, 1.807) is 13.8 Å². The number of halogens is 5. The molecular formula is C56H103Cl5N16O14. The highest BCUT2D eigenvalue weighted by Gasteiger charge is 2.38. The van der Waals surface area contributed by atoms with Crippen LogP contribution in [0.1, 0.15) is 130 Å². The van der Waals surface area contributed by atoms with Gasteiger partial charge in [0.15, 0.2) is 0 Å². The van der Waals surface area contributed by atoms with Crippen LogP contribution < -0.4 is 87.2 Å². The van der Waals surface area contributed by atoms with E-state index in [0.29, 0.717) is 12.0 Å². The fraction of sp³-hybridized carbons (Fsp3) is 0.696. The zero-order chi connectivity index (χ0) is 64.5. The Balaban J connectivity index is -0.00000757. The molecule has 1 aromatic rings. The van der Waals surface area contributed by atoms with E-state index < -0.39 is 132 Å². The maximum atomic E-state index is 14.5. The number of carbonyl (C=O) groups is 11. The average molecular weight is 1400 g/mol. The molecule has 1 aliphatic rings. The molecule has 91 heavy (non-hydrogen) atoms. The van der Waals surface area contributed by atoms with Gasteiger partial charge in [-0.1, -0.05) is 65.0 Å². The van der Waals surface area contributed by atoms with Crippen LogP contribution in [-0.2, 0) is 59.2 Å². The third-order valence-corrected chi connectivity index (χ3v) is 14.1. The first-order chi connectivity index (χ1) is 40.8. The molecule has 35 heteroatoms. The highest BCUT2D eigenvalue weighted by Crippen LogP contribution is 2.15. The van der Waals surface area contributed by atoms with Gasteiger partial charge in [-0.15, -0.1) is 62.0 Å². The van der Waals surface area contributed by atoms with Crippen molar-refractivity contribution in [2.75, 3.05) is 39.3 Å². The molecule has 2 rings (SSSR count). The predicted molar refractivity (Wildman–Crippen MR) is 354 cm³/mol. The van der Waals surface area contributed by atoms with Crippen LogP contribution in [0.4, 0.5) is 0 Å². The summed E-state index contributed by atoms with van der Waals surface area (Å²) < 4.78 is 0. The smallest absolute Gasteiger partial charge is 0.245 e. The molecule has 0 bridgehead atoms. The second-order valence-corrected chi connectivity index (χ2v) is 22.0. The minimum Gasteiger partial charge on any atom is -0.508 e. The van der Waals surface area contributed by atoms with Crippen molar-refractivity contribution in [3.63, 3.8) is 0 Å². The molecule has 24 N–H and O–H groups in total. The number of nitrogens with one attached hydrogen (secondary N) is 11. The molecule has 0 aliphatic carbocycles. The maximum Gasteiger partial charge on any atom is 0.245 e. The number of aromatic hydroxyl groups is 1. The molecule has 0 radical (unpaired) electrons. The zero-order valence-corrected chi connectivity index (χ0v) is 56.5. The number of hydrogen-bond donors (Lipinski definition) is 19. The Morgan fingerprint density at radius 3 is 1.08 bits per heavy atom. The number of unbranched alkanes of at least 4 members (excludes halogenated alkanes) is 5. The van der Waals surface area contributed by atoms with Crippen molar-refractivity contribution >= 4 is 127 Å². The molecule has 1 saturated heterocycles. The van der Waals surface area contributed by atoms with Crippen molar-refractivity contribution in [3.05, 3.63) is 29.8 Å². The van der Waals surface area contributed by atoms with E-state index in [1.165, 1.54) is 24.3 Å². The van der Waals surface area contributed by atoms with Gasteiger partial charge in [-0.25, -0.2) is 0 Å². The second-order valence-electron chi connectivity index (χ2n) is 22.0. The van der Waals surface area contributed by atoms with Crippen LogP contribution in [0.2, 0.25) is 0 Å². The van der Waals surface area contributed by atoms with Gasteiger partial charge in [0.1, 0.15) is 66.2 Å².